The van der Waals surface area contributed by atoms with E-state index >= 15 is 0 Å². The molecule has 0 fully saturated rings. The molecule has 4 nitrogen and oxygen atoms in total. The molecular formula is C20H28O4S. The number of methoxy groups -OCH3 is 4. The van der Waals surface area contributed by atoms with Crippen LogP contribution >= 0.6 is 12.6 Å². The number of benzene rings is 2. The first-order valence-electron chi connectivity index (χ1n) is 8.09. The third-order valence-electron chi connectivity index (χ3n) is 3.68. The normalized spacial score (nSPS) is 10.0. The van der Waals surface area contributed by atoms with Gasteiger partial charge >= 0.3 is 0 Å². The molecule has 0 aliphatic rings. The molecule has 0 N–H and O–H groups in total. The topological polar surface area (TPSA) is 36.9 Å². The number of hydrogen-bond acceptors (Lipinski definition) is 5. The maximum absolute atomic E-state index is 5.15. The van der Waals surface area contributed by atoms with Gasteiger partial charge in [0.25, 0.3) is 0 Å². The van der Waals surface area contributed by atoms with Crippen molar-refractivity contribution in [2.45, 2.75) is 31.5 Å². The van der Waals surface area contributed by atoms with Gasteiger partial charge in [-0.2, -0.15) is 0 Å². The minimum absolute atomic E-state index is 0.566. The van der Waals surface area contributed by atoms with E-state index in [2.05, 4.69) is 25.6 Å². The highest BCUT2D eigenvalue weighted by molar-refractivity contribution is 7.80. The number of rotatable bonds is 7. The van der Waals surface area contributed by atoms with Crippen LogP contribution in [0.15, 0.2) is 41.3 Å². The highest BCUT2D eigenvalue weighted by Crippen LogP contribution is 2.21. The van der Waals surface area contributed by atoms with Crippen molar-refractivity contribution in [1.29, 1.82) is 0 Å². The average Bonchev–Trinajstić information content (AvgIpc) is 2.64. The molecule has 0 atom stereocenters. The van der Waals surface area contributed by atoms with Crippen molar-refractivity contribution in [3.05, 3.63) is 53.1 Å². The van der Waals surface area contributed by atoms with Crippen molar-refractivity contribution in [3.8, 4) is 11.5 Å². The SMILES string of the molecule is CCc1ccc(OC)cc1COC.COCc1cc(OC)ccc1S. The van der Waals surface area contributed by atoms with E-state index in [1.807, 2.05) is 30.3 Å². The summed E-state index contributed by atoms with van der Waals surface area (Å²) in [6.07, 6.45) is 1.03. The lowest BCUT2D eigenvalue weighted by atomic mass is 10.1. The summed E-state index contributed by atoms with van der Waals surface area (Å²) in [5, 5.41) is 0. The summed E-state index contributed by atoms with van der Waals surface area (Å²) in [5.41, 5.74) is 3.58. The third-order valence-corrected chi connectivity index (χ3v) is 4.12. The second-order valence-corrected chi connectivity index (χ2v) is 5.83. The molecule has 138 valence electrons. The highest BCUT2D eigenvalue weighted by atomic mass is 32.1. The minimum atomic E-state index is 0.566. The molecule has 0 aliphatic carbocycles. The molecule has 25 heavy (non-hydrogen) atoms. The molecule has 2 aromatic carbocycles. The van der Waals surface area contributed by atoms with E-state index in [4.69, 9.17) is 18.9 Å². The Kier molecular flexibility index (Phi) is 10.1. The molecule has 0 bridgehead atoms. The second-order valence-electron chi connectivity index (χ2n) is 5.35. The predicted octanol–water partition coefficient (Wildman–Crippen LogP) is 4.53. The van der Waals surface area contributed by atoms with E-state index in [9.17, 15) is 0 Å². The molecule has 2 rings (SSSR count). The lowest BCUT2D eigenvalue weighted by Gasteiger charge is -2.08. The Balaban J connectivity index is 0.000000251. The standard InChI is InChI=1S/C11H16O2.C9H12O2S/c1-4-9-5-6-11(13-3)7-10(9)8-12-2;1-10-6-7-5-8(11-2)3-4-9(7)12/h5-7H,4,8H2,1-3H3;3-5,12H,6H2,1-2H3. The number of thiol groups is 1. The van der Waals surface area contributed by atoms with E-state index in [1.165, 1.54) is 11.1 Å². The summed E-state index contributed by atoms with van der Waals surface area (Å²) in [6.45, 7) is 3.36. The lowest BCUT2D eigenvalue weighted by molar-refractivity contribution is 0.182. The van der Waals surface area contributed by atoms with Gasteiger partial charge in [-0.25, -0.2) is 0 Å². The maximum Gasteiger partial charge on any atom is 0.119 e. The van der Waals surface area contributed by atoms with Crippen LogP contribution in [0.3, 0.4) is 0 Å². The molecule has 0 spiro atoms. The lowest BCUT2D eigenvalue weighted by Crippen LogP contribution is -1.95. The predicted molar refractivity (Wildman–Crippen MR) is 104 cm³/mol. The number of hydrogen-bond donors (Lipinski definition) is 1. The zero-order valence-corrected chi connectivity index (χ0v) is 16.6. The van der Waals surface area contributed by atoms with Crippen LogP contribution in [0.4, 0.5) is 0 Å². The molecule has 0 aromatic heterocycles. The van der Waals surface area contributed by atoms with Gasteiger partial charge < -0.3 is 18.9 Å². The van der Waals surface area contributed by atoms with Gasteiger partial charge in [0, 0.05) is 19.1 Å². The van der Waals surface area contributed by atoms with Crippen LogP contribution in [0, 0.1) is 0 Å². The third kappa shape index (κ3) is 6.98. The average molecular weight is 365 g/mol. The van der Waals surface area contributed by atoms with Crippen molar-refractivity contribution >= 4 is 12.6 Å². The van der Waals surface area contributed by atoms with Crippen LogP contribution < -0.4 is 9.47 Å². The van der Waals surface area contributed by atoms with Crippen LogP contribution in [-0.2, 0) is 29.1 Å². The molecule has 0 radical (unpaired) electrons. The molecule has 0 saturated heterocycles. The monoisotopic (exact) mass is 364 g/mol. The molecule has 0 amide bonds. The minimum Gasteiger partial charge on any atom is -0.497 e. The Morgan fingerprint density at radius 1 is 0.720 bits per heavy atom. The van der Waals surface area contributed by atoms with Gasteiger partial charge in [-0.1, -0.05) is 13.0 Å². The summed E-state index contributed by atoms with van der Waals surface area (Å²) >= 11 is 4.28. The van der Waals surface area contributed by atoms with Gasteiger partial charge in [-0.3, -0.25) is 0 Å². The fourth-order valence-corrected chi connectivity index (χ4v) is 2.53. The van der Waals surface area contributed by atoms with E-state index in [1.54, 1.807) is 28.4 Å². The fraction of sp³-hybridized carbons (Fsp3) is 0.400. The first-order chi connectivity index (χ1) is 12.1. The number of ether oxygens (including phenoxy) is 4. The van der Waals surface area contributed by atoms with Crippen LogP contribution in [0.25, 0.3) is 0 Å². The van der Waals surface area contributed by atoms with Crippen LogP contribution in [0.5, 0.6) is 11.5 Å². The van der Waals surface area contributed by atoms with Gasteiger partial charge in [0.15, 0.2) is 0 Å². The van der Waals surface area contributed by atoms with E-state index in [-0.39, 0.29) is 0 Å². The van der Waals surface area contributed by atoms with E-state index in [0.717, 1.165) is 28.4 Å². The first kappa shape index (κ1) is 21.4. The second kappa shape index (κ2) is 11.8. The summed E-state index contributed by atoms with van der Waals surface area (Å²) in [5.74, 6) is 1.73. The summed E-state index contributed by atoms with van der Waals surface area (Å²) in [4.78, 5) is 0.928. The molecule has 5 heteroatoms. The first-order valence-corrected chi connectivity index (χ1v) is 8.53. The van der Waals surface area contributed by atoms with Crippen molar-refractivity contribution < 1.29 is 18.9 Å². The molecule has 0 aliphatic heterocycles. The Morgan fingerprint density at radius 3 is 1.76 bits per heavy atom. The molecule has 0 heterocycles. The Bertz CT molecular complexity index is 644. The van der Waals surface area contributed by atoms with Crippen molar-refractivity contribution in [2.24, 2.45) is 0 Å². The van der Waals surface area contributed by atoms with Crippen molar-refractivity contribution in [3.63, 3.8) is 0 Å². The Hall–Kier alpha value is -1.69. The fourth-order valence-electron chi connectivity index (χ4n) is 2.32. The summed E-state index contributed by atoms with van der Waals surface area (Å²) in [6, 6.07) is 11.8. The molecule has 0 saturated carbocycles. The summed E-state index contributed by atoms with van der Waals surface area (Å²) in [7, 11) is 6.69. The quantitative estimate of drug-likeness (QED) is 0.732. The van der Waals surface area contributed by atoms with Crippen LogP contribution in [0.2, 0.25) is 0 Å². The van der Waals surface area contributed by atoms with Gasteiger partial charge in [0.1, 0.15) is 11.5 Å². The zero-order valence-electron chi connectivity index (χ0n) is 15.7. The van der Waals surface area contributed by atoms with Crippen LogP contribution in [0.1, 0.15) is 23.6 Å². The zero-order chi connectivity index (χ0) is 18.7. The smallest absolute Gasteiger partial charge is 0.119 e. The highest BCUT2D eigenvalue weighted by Gasteiger charge is 2.02. The van der Waals surface area contributed by atoms with Gasteiger partial charge in [-0.05, 0) is 53.4 Å². The largest absolute Gasteiger partial charge is 0.497 e. The molecule has 0 unspecified atom stereocenters. The van der Waals surface area contributed by atoms with E-state index < -0.39 is 0 Å². The number of aryl methyl sites for hydroxylation is 1. The van der Waals surface area contributed by atoms with Gasteiger partial charge in [0.2, 0.25) is 0 Å². The van der Waals surface area contributed by atoms with Crippen molar-refractivity contribution in [1.82, 2.24) is 0 Å². The molecular weight excluding hydrogens is 336 g/mol. The van der Waals surface area contributed by atoms with E-state index in [0.29, 0.717) is 13.2 Å². The molecule has 2 aromatic rings. The van der Waals surface area contributed by atoms with Gasteiger partial charge in [0.05, 0.1) is 27.4 Å². The summed E-state index contributed by atoms with van der Waals surface area (Å²) < 4.78 is 20.3. The van der Waals surface area contributed by atoms with Gasteiger partial charge in [-0.15, -0.1) is 12.6 Å². The van der Waals surface area contributed by atoms with Crippen LogP contribution in [-0.4, -0.2) is 28.4 Å². The Labute approximate surface area is 156 Å². The van der Waals surface area contributed by atoms with Crippen molar-refractivity contribution in [2.75, 3.05) is 28.4 Å². The Morgan fingerprint density at radius 2 is 1.24 bits per heavy atom. The maximum atomic E-state index is 5.15.